The largest absolute Gasteiger partial charge is 0.484 e. The first-order chi connectivity index (χ1) is 9.67. The quantitative estimate of drug-likeness (QED) is 0.886. The van der Waals surface area contributed by atoms with E-state index in [4.69, 9.17) is 22.1 Å². The molecule has 0 aromatic heterocycles. The Morgan fingerprint density at radius 3 is 2.29 bits per heavy atom. The van der Waals surface area contributed by atoms with E-state index in [1.165, 1.54) is 0 Å². The Morgan fingerprint density at radius 1 is 1.10 bits per heavy atom. The molecule has 0 aliphatic rings. The number of nitrogens with two attached hydrogens (primary N) is 1. The van der Waals surface area contributed by atoms with Crippen LogP contribution in [0, 0.1) is 0 Å². The van der Waals surface area contributed by atoms with Crippen molar-refractivity contribution in [3.63, 3.8) is 0 Å². The van der Waals surface area contributed by atoms with Gasteiger partial charge in [-0.25, -0.2) is 0 Å². The van der Waals surface area contributed by atoms with Gasteiger partial charge in [0.05, 0.1) is 0 Å². The molecule has 0 radical (unpaired) electrons. The first-order valence-corrected chi connectivity index (χ1v) is 6.52. The van der Waals surface area contributed by atoms with Crippen molar-refractivity contribution >= 4 is 35.6 Å². The molecular formula is C15H16Cl2N2O2. The highest BCUT2D eigenvalue weighted by Gasteiger charge is 2.03. The van der Waals surface area contributed by atoms with Crippen molar-refractivity contribution in [2.75, 3.05) is 11.9 Å². The number of hydrogen-bond donors (Lipinski definition) is 2. The lowest BCUT2D eigenvalue weighted by atomic mass is 10.2. The molecule has 3 N–H and O–H groups in total. The summed E-state index contributed by atoms with van der Waals surface area (Å²) >= 11 is 5.77. The van der Waals surface area contributed by atoms with Gasteiger partial charge in [0.1, 0.15) is 5.75 Å². The molecule has 4 nitrogen and oxygen atoms in total. The number of ether oxygens (including phenoxy) is 1. The van der Waals surface area contributed by atoms with Gasteiger partial charge in [-0.2, -0.15) is 0 Å². The Balaban J connectivity index is 0.00000220. The van der Waals surface area contributed by atoms with Crippen LogP contribution in [0.1, 0.15) is 5.56 Å². The highest BCUT2D eigenvalue weighted by atomic mass is 35.5. The van der Waals surface area contributed by atoms with Crippen LogP contribution in [0.25, 0.3) is 0 Å². The van der Waals surface area contributed by atoms with Gasteiger partial charge in [0.2, 0.25) is 0 Å². The van der Waals surface area contributed by atoms with Crippen molar-refractivity contribution < 1.29 is 9.53 Å². The van der Waals surface area contributed by atoms with E-state index in [2.05, 4.69) is 5.32 Å². The van der Waals surface area contributed by atoms with Crippen molar-refractivity contribution in [1.29, 1.82) is 0 Å². The van der Waals surface area contributed by atoms with E-state index in [1.807, 2.05) is 12.1 Å². The zero-order valence-corrected chi connectivity index (χ0v) is 12.8. The highest BCUT2D eigenvalue weighted by Crippen LogP contribution is 2.14. The Labute approximate surface area is 134 Å². The number of carbonyl (C=O) groups excluding carboxylic acids is 1. The Bertz CT molecular complexity index is 571. The summed E-state index contributed by atoms with van der Waals surface area (Å²) in [6.45, 7) is 0.432. The van der Waals surface area contributed by atoms with Crippen LogP contribution in [0.5, 0.6) is 5.75 Å². The average molecular weight is 327 g/mol. The Morgan fingerprint density at radius 2 is 1.71 bits per heavy atom. The fourth-order valence-electron chi connectivity index (χ4n) is 1.60. The number of hydrogen-bond acceptors (Lipinski definition) is 3. The number of anilines is 1. The molecule has 0 saturated heterocycles. The maximum atomic E-state index is 11.7. The molecule has 6 heteroatoms. The predicted octanol–water partition coefficient (Wildman–Crippen LogP) is 3.24. The van der Waals surface area contributed by atoms with Crippen molar-refractivity contribution in [2.45, 2.75) is 6.54 Å². The summed E-state index contributed by atoms with van der Waals surface area (Å²) in [5.41, 5.74) is 7.20. The van der Waals surface area contributed by atoms with Gasteiger partial charge in [-0.05, 0) is 42.0 Å². The lowest BCUT2D eigenvalue weighted by Gasteiger charge is -2.08. The number of amides is 1. The van der Waals surface area contributed by atoms with Crippen LogP contribution < -0.4 is 15.8 Å². The number of benzene rings is 2. The van der Waals surface area contributed by atoms with Crippen molar-refractivity contribution in [3.05, 3.63) is 59.1 Å². The molecule has 112 valence electrons. The van der Waals surface area contributed by atoms with Gasteiger partial charge < -0.3 is 15.8 Å². The molecule has 0 heterocycles. The minimum atomic E-state index is -0.227. The predicted molar refractivity (Wildman–Crippen MR) is 87.2 cm³/mol. The molecule has 0 saturated carbocycles. The van der Waals surface area contributed by atoms with Gasteiger partial charge in [0, 0.05) is 17.3 Å². The third-order valence-electron chi connectivity index (χ3n) is 2.66. The Kier molecular flexibility index (Phi) is 7.02. The zero-order chi connectivity index (χ0) is 14.4. The van der Waals surface area contributed by atoms with Crippen molar-refractivity contribution in [1.82, 2.24) is 0 Å². The van der Waals surface area contributed by atoms with Crippen LogP contribution in [-0.4, -0.2) is 12.5 Å². The van der Waals surface area contributed by atoms with Gasteiger partial charge in [-0.3, -0.25) is 4.79 Å². The fraction of sp³-hybridized carbons (Fsp3) is 0.133. The molecule has 2 aromatic rings. The first kappa shape index (κ1) is 17.3. The fourth-order valence-corrected chi connectivity index (χ4v) is 1.73. The van der Waals surface area contributed by atoms with E-state index in [9.17, 15) is 4.79 Å². The van der Waals surface area contributed by atoms with Crippen LogP contribution in [0.15, 0.2) is 48.5 Å². The van der Waals surface area contributed by atoms with Gasteiger partial charge in [-0.1, -0.05) is 23.7 Å². The summed E-state index contributed by atoms with van der Waals surface area (Å²) in [7, 11) is 0. The van der Waals surface area contributed by atoms with Crippen molar-refractivity contribution in [2.24, 2.45) is 5.73 Å². The second kappa shape index (κ2) is 8.52. The zero-order valence-electron chi connectivity index (χ0n) is 11.2. The third kappa shape index (κ3) is 5.63. The standard InChI is InChI=1S/C15H15ClN2O2.ClH/c16-12-3-5-13(6-4-12)18-15(19)10-20-14-7-1-11(9-17)2-8-14;/h1-8H,9-10,17H2,(H,18,19);1H. The molecular weight excluding hydrogens is 311 g/mol. The van der Waals surface area contributed by atoms with E-state index >= 15 is 0 Å². The summed E-state index contributed by atoms with van der Waals surface area (Å²) in [6, 6.07) is 14.2. The first-order valence-electron chi connectivity index (χ1n) is 6.14. The van der Waals surface area contributed by atoms with Crippen LogP contribution in [0.2, 0.25) is 5.02 Å². The number of halogens is 2. The Hall–Kier alpha value is -1.75. The lowest BCUT2D eigenvalue weighted by molar-refractivity contribution is -0.118. The molecule has 0 unspecified atom stereocenters. The highest BCUT2D eigenvalue weighted by molar-refractivity contribution is 6.30. The number of rotatable bonds is 5. The lowest BCUT2D eigenvalue weighted by Crippen LogP contribution is -2.20. The normalized spacial score (nSPS) is 9.62. The van der Waals surface area contributed by atoms with E-state index in [-0.39, 0.29) is 24.9 Å². The van der Waals surface area contributed by atoms with E-state index in [0.717, 1.165) is 5.56 Å². The summed E-state index contributed by atoms with van der Waals surface area (Å²) in [6.07, 6.45) is 0. The van der Waals surface area contributed by atoms with E-state index in [0.29, 0.717) is 23.0 Å². The third-order valence-corrected chi connectivity index (χ3v) is 2.91. The monoisotopic (exact) mass is 326 g/mol. The molecule has 1 amide bonds. The summed E-state index contributed by atoms with van der Waals surface area (Å²) in [4.78, 5) is 11.7. The minimum Gasteiger partial charge on any atom is -0.484 e. The molecule has 0 fully saturated rings. The molecule has 2 aromatic carbocycles. The molecule has 0 aliphatic heterocycles. The van der Waals surface area contributed by atoms with Gasteiger partial charge in [0.25, 0.3) is 5.91 Å². The van der Waals surface area contributed by atoms with Gasteiger partial charge >= 0.3 is 0 Å². The van der Waals surface area contributed by atoms with Crippen LogP contribution >= 0.6 is 24.0 Å². The molecule has 2 rings (SSSR count). The SMILES string of the molecule is Cl.NCc1ccc(OCC(=O)Nc2ccc(Cl)cc2)cc1. The second-order valence-electron chi connectivity index (χ2n) is 4.19. The second-order valence-corrected chi connectivity index (χ2v) is 4.63. The molecule has 0 spiro atoms. The number of carbonyl (C=O) groups is 1. The molecule has 0 atom stereocenters. The minimum absolute atomic E-state index is 0. The maximum absolute atomic E-state index is 11.7. The molecule has 0 bridgehead atoms. The maximum Gasteiger partial charge on any atom is 0.262 e. The van der Waals surface area contributed by atoms with Gasteiger partial charge in [0.15, 0.2) is 6.61 Å². The van der Waals surface area contributed by atoms with Crippen molar-refractivity contribution in [3.8, 4) is 5.75 Å². The van der Waals surface area contributed by atoms with Crippen LogP contribution in [0.3, 0.4) is 0 Å². The molecule has 0 aliphatic carbocycles. The van der Waals surface area contributed by atoms with Gasteiger partial charge in [-0.15, -0.1) is 12.4 Å². The van der Waals surface area contributed by atoms with Crippen LogP contribution in [0.4, 0.5) is 5.69 Å². The average Bonchev–Trinajstić information content (AvgIpc) is 2.48. The summed E-state index contributed by atoms with van der Waals surface area (Å²) in [5.74, 6) is 0.406. The van der Waals surface area contributed by atoms with E-state index in [1.54, 1.807) is 36.4 Å². The summed E-state index contributed by atoms with van der Waals surface area (Å²) < 4.78 is 5.38. The smallest absolute Gasteiger partial charge is 0.262 e. The van der Waals surface area contributed by atoms with E-state index < -0.39 is 0 Å². The topological polar surface area (TPSA) is 64.3 Å². The van der Waals surface area contributed by atoms with Crippen LogP contribution in [-0.2, 0) is 11.3 Å². The summed E-state index contributed by atoms with van der Waals surface area (Å²) in [5, 5.41) is 3.34. The number of nitrogens with one attached hydrogen (secondary N) is 1. The molecule has 21 heavy (non-hydrogen) atoms.